The zero-order valence-corrected chi connectivity index (χ0v) is 9.57. The molecule has 0 aliphatic rings. The van der Waals surface area contributed by atoms with Crippen molar-refractivity contribution in [3.05, 3.63) is 29.8 Å². The van der Waals surface area contributed by atoms with Gasteiger partial charge in [0.1, 0.15) is 5.75 Å². The molecule has 0 aliphatic heterocycles. The lowest BCUT2D eigenvalue weighted by molar-refractivity contribution is 0.155. The van der Waals surface area contributed by atoms with Crippen LogP contribution in [0.2, 0.25) is 0 Å². The summed E-state index contributed by atoms with van der Waals surface area (Å²) in [7, 11) is 0. The van der Waals surface area contributed by atoms with Gasteiger partial charge in [0, 0.05) is 12.5 Å². The van der Waals surface area contributed by atoms with Crippen LogP contribution in [0.4, 0.5) is 0 Å². The average Bonchev–Trinajstić information content (AvgIpc) is 2.26. The third-order valence-electron chi connectivity index (χ3n) is 2.52. The Morgan fingerprint density at radius 2 is 2.07 bits per heavy atom. The SMILES string of the molecule is CCCC(CO)COc1ccccc1C. The van der Waals surface area contributed by atoms with Crippen molar-refractivity contribution in [2.45, 2.75) is 26.7 Å². The second-order valence-electron chi connectivity index (χ2n) is 3.91. The van der Waals surface area contributed by atoms with Crippen LogP contribution in [-0.4, -0.2) is 18.3 Å². The van der Waals surface area contributed by atoms with Crippen molar-refractivity contribution in [2.24, 2.45) is 5.92 Å². The number of hydrogen-bond acceptors (Lipinski definition) is 2. The molecule has 0 saturated heterocycles. The fourth-order valence-corrected chi connectivity index (χ4v) is 1.56. The Morgan fingerprint density at radius 3 is 2.67 bits per heavy atom. The maximum Gasteiger partial charge on any atom is 0.122 e. The van der Waals surface area contributed by atoms with Gasteiger partial charge in [-0.3, -0.25) is 0 Å². The Labute approximate surface area is 91.9 Å². The van der Waals surface area contributed by atoms with E-state index in [9.17, 15) is 0 Å². The van der Waals surface area contributed by atoms with E-state index in [-0.39, 0.29) is 12.5 Å². The van der Waals surface area contributed by atoms with Crippen molar-refractivity contribution in [2.75, 3.05) is 13.2 Å². The molecule has 1 aromatic carbocycles. The standard InChI is InChI=1S/C13H20O2/c1-3-6-12(9-14)10-15-13-8-5-4-7-11(13)2/h4-5,7-8,12,14H,3,6,9-10H2,1-2H3. The minimum atomic E-state index is 0.208. The number of para-hydroxylation sites is 1. The van der Waals surface area contributed by atoms with Gasteiger partial charge in [-0.1, -0.05) is 31.5 Å². The summed E-state index contributed by atoms with van der Waals surface area (Å²) in [5.74, 6) is 1.18. The summed E-state index contributed by atoms with van der Waals surface area (Å²) in [6, 6.07) is 7.96. The van der Waals surface area contributed by atoms with Gasteiger partial charge in [0.2, 0.25) is 0 Å². The summed E-state index contributed by atoms with van der Waals surface area (Å²) in [6.45, 7) is 4.97. The molecular weight excluding hydrogens is 188 g/mol. The largest absolute Gasteiger partial charge is 0.493 e. The van der Waals surface area contributed by atoms with Crippen molar-refractivity contribution < 1.29 is 9.84 Å². The van der Waals surface area contributed by atoms with Crippen LogP contribution < -0.4 is 4.74 Å². The van der Waals surface area contributed by atoms with Crippen molar-refractivity contribution in [1.82, 2.24) is 0 Å². The van der Waals surface area contributed by atoms with E-state index in [1.165, 1.54) is 0 Å². The Morgan fingerprint density at radius 1 is 1.33 bits per heavy atom. The third kappa shape index (κ3) is 3.92. The summed E-state index contributed by atoms with van der Waals surface area (Å²) in [5, 5.41) is 9.12. The summed E-state index contributed by atoms with van der Waals surface area (Å²) >= 11 is 0. The molecule has 1 unspecified atom stereocenters. The van der Waals surface area contributed by atoms with Gasteiger partial charge in [0.25, 0.3) is 0 Å². The molecule has 0 bridgehead atoms. The maximum atomic E-state index is 9.12. The Hall–Kier alpha value is -1.02. The second kappa shape index (κ2) is 6.46. The number of hydrogen-bond donors (Lipinski definition) is 1. The van der Waals surface area contributed by atoms with E-state index in [1.54, 1.807) is 0 Å². The smallest absolute Gasteiger partial charge is 0.122 e. The average molecular weight is 208 g/mol. The van der Waals surface area contributed by atoms with Crippen LogP contribution in [0.3, 0.4) is 0 Å². The lowest BCUT2D eigenvalue weighted by Crippen LogP contribution is -2.16. The molecule has 1 rings (SSSR count). The van der Waals surface area contributed by atoms with E-state index in [2.05, 4.69) is 6.92 Å². The van der Waals surface area contributed by atoms with Crippen LogP contribution in [0.15, 0.2) is 24.3 Å². The van der Waals surface area contributed by atoms with Gasteiger partial charge < -0.3 is 9.84 Å². The first-order chi connectivity index (χ1) is 7.27. The molecule has 0 saturated carbocycles. The monoisotopic (exact) mass is 208 g/mol. The zero-order chi connectivity index (χ0) is 11.1. The lowest BCUT2D eigenvalue weighted by Gasteiger charge is -2.15. The van der Waals surface area contributed by atoms with E-state index < -0.39 is 0 Å². The Kier molecular flexibility index (Phi) is 5.19. The van der Waals surface area contributed by atoms with Crippen LogP contribution >= 0.6 is 0 Å². The number of benzene rings is 1. The molecule has 0 heterocycles. The Bertz CT molecular complexity index is 284. The van der Waals surface area contributed by atoms with E-state index in [0.717, 1.165) is 24.2 Å². The molecule has 0 aromatic heterocycles. The van der Waals surface area contributed by atoms with Gasteiger partial charge >= 0.3 is 0 Å². The van der Waals surface area contributed by atoms with Crippen LogP contribution in [-0.2, 0) is 0 Å². The van der Waals surface area contributed by atoms with Crippen LogP contribution in [0, 0.1) is 12.8 Å². The zero-order valence-electron chi connectivity index (χ0n) is 9.57. The minimum Gasteiger partial charge on any atom is -0.493 e. The molecule has 0 fully saturated rings. The molecule has 0 spiro atoms. The van der Waals surface area contributed by atoms with Gasteiger partial charge in [-0.2, -0.15) is 0 Å². The number of aryl methyl sites for hydroxylation is 1. The number of aliphatic hydroxyl groups excluding tert-OH is 1. The van der Waals surface area contributed by atoms with E-state index in [1.807, 2.05) is 31.2 Å². The van der Waals surface area contributed by atoms with Crippen molar-refractivity contribution >= 4 is 0 Å². The molecule has 0 radical (unpaired) electrons. The predicted molar refractivity (Wildman–Crippen MR) is 62.2 cm³/mol. The third-order valence-corrected chi connectivity index (χ3v) is 2.52. The highest BCUT2D eigenvalue weighted by atomic mass is 16.5. The fourth-order valence-electron chi connectivity index (χ4n) is 1.56. The van der Waals surface area contributed by atoms with E-state index in [0.29, 0.717) is 6.61 Å². The molecule has 1 atom stereocenters. The fraction of sp³-hybridized carbons (Fsp3) is 0.538. The van der Waals surface area contributed by atoms with Gasteiger partial charge in [-0.05, 0) is 25.0 Å². The number of aliphatic hydroxyl groups is 1. The van der Waals surface area contributed by atoms with Gasteiger partial charge in [-0.25, -0.2) is 0 Å². The van der Waals surface area contributed by atoms with Gasteiger partial charge in [0.15, 0.2) is 0 Å². The molecule has 2 nitrogen and oxygen atoms in total. The van der Waals surface area contributed by atoms with Crippen LogP contribution in [0.1, 0.15) is 25.3 Å². The number of rotatable bonds is 6. The lowest BCUT2D eigenvalue weighted by atomic mass is 10.1. The summed E-state index contributed by atoms with van der Waals surface area (Å²) < 4.78 is 5.68. The molecule has 1 aromatic rings. The van der Waals surface area contributed by atoms with Crippen LogP contribution in [0.25, 0.3) is 0 Å². The molecule has 15 heavy (non-hydrogen) atoms. The van der Waals surface area contributed by atoms with E-state index >= 15 is 0 Å². The van der Waals surface area contributed by atoms with E-state index in [4.69, 9.17) is 9.84 Å². The maximum absolute atomic E-state index is 9.12. The molecule has 1 N–H and O–H groups in total. The molecule has 84 valence electrons. The summed E-state index contributed by atoms with van der Waals surface area (Å²) in [5.41, 5.74) is 1.14. The quantitative estimate of drug-likeness (QED) is 0.779. The highest BCUT2D eigenvalue weighted by Gasteiger charge is 2.07. The topological polar surface area (TPSA) is 29.5 Å². The minimum absolute atomic E-state index is 0.208. The highest BCUT2D eigenvalue weighted by molar-refractivity contribution is 5.31. The van der Waals surface area contributed by atoms with Gasteiger partial charge in [-0.15, -0.1) is 0 Å². The summed E-state index contributed by atoms with van der Waals surface area (Å²) in [4.78, 5) is 0. The first-order valence-electron chi connectivity index (χ1n) is 5.57. The van der Waals surface area contributed by atoms with Gasteiger partial charge in [0.05, 0.1) is 6.61 Å². The first kappa shape index (κ1) is 12.1. The summed E-state index contributed by atoms with van der Waals surface area (Å²) in [6.07, 6.45) is 2.10. The second-order valence-corrected chi connectivity index (χ2v) is 3.91. The molecular formula is C13H20O2. The molecule has 2 heteroatoms. The normalized spacial score (nSPS) is 12.5. The van der Waals surface area contributed by atoms with Crippen molar-refractivity contribution in [3.8, 4) is 5.75 Å². The predicted octanol–water partition coefficient (Wildman–Crippen LogP) is 2.78. The van der Waals surface area contributed by atoms with Crippen molar-refractivity contribution in [3.63, 3.8) is 0 Å². The Balaban J connectivity index is 2.45. The first-order valence-corrected chi connectivity index (χ1v) is 5.57. The molecule has 0 amide bonds. The number of ether oxygens (including phenoxy) is 1. The molecule has 0 aliphatic carbocycles. The highest BCUT2D eigenvalue weighted by Crippen LogP contribution is 2.17. The van der Waals surface area contributed by atoms with Crippen LogP contribution in [0.5, 0.6) is 5.75 Å². The van der Waals surface area contributed by atoms with Crippen molar-refractivity contribution in [1.29, 1.82) is 0 Å².